The van der Waals surface area contributed by atoms with Crippen molar-refractivity contribution >= 4 is 15.7 Å². The number of halogens is 1. The molecule has 0 aliphatic rings. The predicted octanol–water partition coefficient (Wildman–Crippen LogP) is 1.48. The van der Waals surface area contributed by atoms with Gasteiger partial charge >= 0.3 is 0 Å². The Labute approximate surface area is 119 Å². The lowest BCUT2D eigenvalue weighted by Crippen LogP contribution is -2.36. The van der Waals surface area contributed by atoms with Gasteiger partial charge in [0.25, 0.3) is 0 Å². The molecule has 0 saturated heterocycles. The number of anilines is 1. The molecule has 1 aromatic carbocycles. The van der Waals surface area contributed by atoms with Gasteiger partial charge in [0.05, 0.1) is 6.10 Å². The van der Waals surface area contributed by atoms with E-state index in [0.717, 1.165) is 25.0 Å². The number of nitrogens with two attached hydrogens (primary N) is 1. The van der Waals surface area contributed by atoms with E-state index in [1.807, 2.05) is 13.8 Å². The van der Waals surface area contributed by atoms with Crippen molar-refractivity contribution in [2.45, 2.75) is 37.7 Å². The van der Waals surface area contributed by atoms with Crippen molar-refractivity contribution in [2.24, 2.45) is 5.92 Å². The van der Waals surface area contributed by atoms with Crippen LogP contribution in [0.5, 0.6) is 0 Å². The molecule has 0 fully saturated rings. The minimum Gasteiger partial charge on any atom is -0.399 e. The molecule has 0 aromatic heterocycles. The molecule has 1 aromatic rings. The molecule has 114 valence electrons. The fourth-order valence-electron chi connectivity index (χ4n) is 2.00. The van der Waals surface area contributed by atoms with E-state index in [-0.39, 0.29) is 18.2 Å². The Bertz CT molecular complexity index is 545. The van der Waals surface area contributed by atoms with Gasteiger partial charge in [-0.05, 0) is 24.1 Å². The zero-order chi connectivity index (χ0) is 15.3. The van der Waals surface area contributed by atoms with E-state index < -0.39 is 26.8 Å². The number of rotatable bonds is 7. The van der Waals surface area contributed by atoms with Gasteiger partial charge in [-0.2, -0.15) is 0 Å². The quantitative estimate of drug-likeness (QED) is 0.665. The number of benzene rings is 1. The van der Waals surface area contributed by atoms with Crippen LogP contribution in [-0.4, -0.2) is 26.2 Å². The standard InChI is InChI=1S/C13H21FN2O3S/c1-3-9(4-2)12(17)8-16-20(18,19)13-7-10(15)5-6-11(13)14/h5-7,9,12,16-17H,3-4,8,15H2,1-2H3. The molecule has 4 N–H and O–H groups in total. The Balaban J connectivity index is 2.83. The highest BCUT2D eigenvalue weighted by atomic mass is 32.2. The summed E-state index contributed by atoms with van der Waals surface area (Å²) in [5.74, 6) is -0.868. The lowest BCUT2D eigenvalue weighted by molar-refractivity contribution is 0.107. The second kappa shape index (κ2) is 7.01. The SMILES string of the molecule is CCC(CC)C(O)CNS(=O)(=O)c1cc(N)ccc1F. The van der Waals surface area contributed by atoms with Crippen LogP contribution < -0.4 is 10.5 Å². The van der Waals surface area contributed by atoms with Gasteiger partial charge in [-0.15, -0.1) is 0 Å². The Morgan fingerprint density at radius 1 is 1.35 bits per heavy atom. The summed E-state index contributed by atoms with van der Waals surface area (Å²) < 4.78 is 39.7. The molecule has 0 heterocycles. The molecule has 7 heteroatoms. The van der Waals surface area contributed by atoms with E-state index in [4.69, 9.17) is 5.73 Å². The maximum absolute atomic E-state index is 13.5. The summed E-state index contributed by atoms with van der Waals surface area (Å²) in [5.41, 5.74) is 5.62. The first kappa shape index (κ1) is 16.9. The zero-order valence-electron chi connectivity index (χ0n) is 11.6. The lowest BCUT2D eigenvalue weighted by atomic mass is 9.97. The first-order valence-electron chi connectivity index (χ1n) is 6.54. The first-order valence-corrected chi connectivity index (χ1v) is 8.02. The minimum absolute atomic E-state index is 0.00314. The fourth-order valence-corrected chi connectivity index (χ4v) is 3.16. The largest absolute Gasteiger partial charge is 0.399 e. The molecule has 0 aliphatic heterocycles. The van der Waals surface area contributed by atoms with Gasteiger partial charge in [0.1, 0.15) is 10.7 Å². The van der Waals surface area contributed by atoms with Crippen molar-refractivity contribution in [1.82, 2.24) is 4.72 Å². The molecule has 0 aliphatic carbocycles. The molecule has 1 rings (SSSR count). The number of nitrogen functional groups attached to an aromatic ring is 1. The molecule has 20 heavy (non-hydrogen) atoms. The molecule has 0 radical (unpaired) electrons. The number of aliphatic hydroxyl groups excluding tert-OH is 1. The molecule has 0 saturated carbocycles. The van der Waals surface area contributed by atoms with Gasteiger partial charge in [0, 0.05) is 12.2 Å². The van der Waals surface area contributed by atoms with Gasteiger partial charge in [-0.25, -0.2) is 17.5 Å². The van der Waals surface area contributed by atoms with Gasteiger partial charge in [-0.3, -0.25) is 0 Å². The molecule has 1 unspecified atom stereocenters. The fraction of sp³-hybridized carbons (Fsp3) is 0.538. The summed E-state index contributed by atoms with van der Waals surface area (Å²) in [6, 6.07) is 3.34. The zero-order valence-corrected chi connectivity index (χ0v) is 12.5. The number of aliphatic hydroxyl groups is 1. The maximum atomic E-state index is 13.5. The van der Waals surface area contributed by atoms with E-state index in [0.29, 0.717) is 0 Å². The predicted molar refractivity (Wildman–Crippen MR) is 76.1 cm³/mol. The Hall–Kier alpha value is -1.18. The average molecular weight is 304 g/mol. The number of hydrogen-bond acceptors (Lipinski definition) is 4. The molecule has 5 nitrogen and oxygen atoms in total. The van der Waals surface area contributed by atoms with Crippen molar-refractivity contribution < 1.29 is 17.9 Å². The highest BCUT2D eigenvalue weighted by Crippen LogP contribution is 2.18. The molecule has 0 amide bonds. The normalized spacial score (nSPS) is 13.7. The van der Waals surface area contributed by atoms with E-state index in [1.165, 1.54) is 6.07 Å². The minimum atomic E-state index is -4.02. The van der Waals surface area contributed by atoms with Crippen LogP contribution in [0.25, 0.3) is 0 Å². The van der Waals surface area contributed by atoms with E-state index in [1.54, 1.807) is 0 Å². The van der Waals surface area contributed by atoms with Crippen LogP contribution in [0.3, 0.4) is 0 Å². The number of nitrogens with one attached hydrogen (secondary N) is 1. The van der Waals surface area contributed by atoms with Crippen molar-refractivity contribution in [3.63, 3.8) is 0 Å². The summed E-state index contributed by atoms with van der Waals surface area (Å²) in [4.78, 5) is -0.505. The van der Waals surface area contributed by atoms with Gasteiger partial charge < -0.3 is 10.8 Å². The summed E-state index contributed by atoms with van der Waals surface area (Å²) in [5, 5.41) is 9.90. The van der Waals surface area contributed by atoms with Crippen molar-refractivity contribution in [3.8, 4) is 0 Å². The van der Waals surface area contributed by atoms with Crippen molar-refractivity contribution in [2.75, 3.05) is 12.3 Å². The topological polar surface area (TPSA) is 92.4 Å². The third-order valence-electron chi connectivity index (χ3n) is 3.32. The van der Waals surface area contributed by atoms with Gasteiger partial charge in [0.15, 0.2) is 0 Å². The average Bonchev–Trinajstić information content (AvgIpc) is 2.40. The monoisotopic (exact) mass is 304 g/mol. The Morgan fingerprint density at radius 3 is 2.50 bits per heavy atom. The molecular formula is C13H21FN2O3S. The van der Waals surface area contributed by atoms with Crippen LogP contribution in [0.15, 0.2) is 23.1 Å². The van der Waals surface area contributed by atoms with E-state index >= 15 is 0 Å². The van der Waals surface area contributed by atoms with E-state index in [2.05, 4.69) is 4.72 Å². The first-order chi connectivity index (χ1) is 9.31. The van der Waals surface area contributed by atoms with Gasteiger partial charge in [0.2, 0.25) is 10.0 Å². The third-order valence-corrected chi connectivity index (χ3v) is 4.76. The summed E-state index contributed by atoms with van der Waals surface area (Å²) in [7, 11) is -4.02. The smallest absolute Gasteiger partial charge is 0.243 e. The van der Waals surface area contributed by atoms with E-state index in [9.17, 15) is 17.9 Å². The highest BCUT2D eigenvalue weighted by Gasteiger charge is 2.22. The Kier molecular flexibility index (Phi) is 5.91. The Morgan fingerprint density at radius 2 is 1.95 bits per heavy atom. The number of hydrogen-bond donors (Lipinski definition) is 3. The molecule has 0 bridgehead atoms. The second-order valence-corrected chi connectivity index (χ2v) is 6.42. The van der Waals surface area contributed by atoms with Crippen LogP contribution >= 0.6 is 0 Å². The van der Waals surface area contributed by atoms with Crippen LogP contribution in [0.1, 0.15) is 26.7 Å². The van der Waals surface area contributed by atoms with Crippen LogP contribution in [0, 0.1) is 11.7 Å². The second-order valence-electron chi connectivity index (χ2n) is 4.69. The van der Waals surface area contributed by atoms with Crippen LogP contribution in [0.2, 0.25) is 0 Å². The third kappa shape index (κ3) is 4.16. The summed E-state index contributed by atoms with van der Waals surface area (Å²) in [6.45, 7) is 3.69. The van der Waals surface area contributed by atoms with Gasteiger partial charge in [-0.1, -0.05) is 26.7 Å². The summed E-state index contributed by atoms with van der Waals surface area (Å²) >= 11 is 0. The summed E-state index contributed by atoms with van der Waals surface area (Å²) in [6.07, 6.45) is 0.682. The lowest BCUT2D eigenvalue weighted by Gasteiger charge is -2.20. The van der Waals surface area contributed by atoms with Crippen molar-refractivity contribution in [3.05, 3.63) is 24.0 Å². The number of sulfonamides is 1. The van der Waals surface area contributed by atoms with Crippen LogP contribution in [0.4, 0.5) is 10.1 Å². The highest BCUT2D eigenvalue weighted by molar-refractivity contribution is 7.89. The molecular weight excluding hydrogens is 283 g/mol. The maximum Gasteiger partial charge on any atom is 0.243 e. The molecule has 1 atom stereocenters. The van der Waals surface area contributed by atoms with Crippen LogP contribution in [-0.2, 0) is 10.0 Å². The molecule has 0 spiro atoms. The van der Waals surface area contributed by atoms with Crippen molar-refractivity contribution in [1.29, 1.82) is 0 Å².